The first-order chi connectivity index (χ1) is 14.1. The van der Waals surface area contributed by atoms with Gasteiger partial charge < -0.3 is 14.6 Å². The van der Waals surface area contributed by atoms with Gasteiger partial charge in [0.25, 0.3) is 5.91 Å². The zero-order valence-corrected chi connectivity index (χ0v) is 16.8. The Bertz CT molecular complexity index is 974. The molecule has 0 radical (unpaired) electrons. The van der Waals surface area contributed by atoms with E-state index in [0.29, 0.717) is 17.9 Å². The number of carbonyl (C=O) groups excluding carboxylic acids is 2. The molecule has 7 heteroatoms. The molecule has 148 valence electrons. The Labute approximate surface area is 173 Å². The molecule has 1 saturated heterocycles. The number of furan rings is 1. The molecule has 1 fully saturated rings. The highest BCUT2D eigenvalue weighted by Gasteiger charge is 2.42. The van der Waals surface area contributed by atoms with Gasteiger partial charge in [0.05, 0.1) is 12.5 Å². The Hall–Kier alpha value is -3.06. The third-order valence-electron chi connectivity index (χ3n) is 4.85. The lowest BCUT2D eigenvalue weighted by Gasteiger charge is -2.28. The number of thioether (sulfide) groups is 1. The third-order valence-corrected chi connectivity index (χ3v) is 6.18. The fraction of sp³-hybridized carbons (Fsp3) is 0.227. The summed E-state index contributed by atoms with van der Waals surface area (Å²) in [5.41, 5.74) is 3.43. The minimum Gasteiger partial charge on any atom is -0.472 e. The van der Waals surface area contributed by atoms with E-state index in [2.05, 4.69) is 10.3 Å². The summed E-state index contributed by atoms with van der Waals surface area (Å²) in [5, 5.41) is 2.68. The number of carbonyl (C=O) groups is 2. The molecule has 1 aromatic carbocycles. The first kappa shape index (κ1) is 19.3. The van der Waals surface area contributed by atoms with Crippen LogP contribution < -0.4 is 5.32 Å². The highest BCUT2D eigenvalue weighted by molar-refractivity contribution is 7.99. The van der Waals surface area contributed by atoms with Gasteiger partial charge in [0, 0.05) is 35.8 Å². The molecule has 0 saturated carbocycles. The predicted molar refractivity (Wildman–Crippen MR) is 111 cm³/mol. The summed E-state index contributed by atoms with van der Waals surface area (Å²) in [6, 6.07) is 12.4. The number of nitrogens with zero attached hydrogens (tertiary/aromatic N) is 2. The fourth-order valence-electron chi connectivity index (χ4n) is 3.28. The molecule has 1 aliphatic rings. The van der Waals surface area contributed by atoms with E-state index < -0.39 is 6.04 Å². The SMILES string of the molecule is Cc1ccc(C(=O)N2C(C(=O)NCc3cccnc3)CSC2c2ccoc2)cc1. The number of aromatic nitrogens is 1. The number of aryl methyl sites for hydroxylation is 1. The normalized spacial score (nSPS) is 18.6. The maximum atomic E-state index is 13.3. The van der Waals surface area contributed by atoms with Gasteiger partial charge >= 0.3 is 0 Å². The van der Waals surface area contributed by atoms with Gasteiger partial charge in [0.1, 0.15) is 11.4 Å². The second-order valence-corrected chi connectivity index (χ2v) is 8.03. The lowest BCUT2D eigenvalue weighted by Crippen LogP contribution is -2.47. The minimum atomic E-state index is -0.564. The molecule has 0 aliphatic carbocycles. The highest BCUT2D eigenvalue weighted by Crippen LogP contribution is 2.42. The van der Waals surface area contributed by atoms with Crippen molar-refractivity contribution in [1.82, 2.24) is 15.2 Å². The number of benzene rings is 1. The van der Waals surface area contributed by atoms with Gasteiger partial charge in [-0.25, -0.2) is 0 Å². The van der Waals surface area contributed by atoms with E-state index in [1.54, 1.807) is 53.7 Å². The number of pyridine rings is 1. The lowest BCUT2D eigenvalue weighted by atomic mass is 10.1. The quantitative estimate of drug-likeness (QED) is 0.700. The smallest absolute Gasteiger partial charge is 0.255 e. The molecule has 2 unspecified atom stereocenters. The molecular weight excluding hydrogens is 386 g/mol. The van der Waals surface area contributed by atoms with E-state index in [-0.39, 0.29) is 17.2 Å². The van der Waals surface area contributed by atoms with Crippen LogP contribution in [0.2, 0.25) is 0 Å². The summed E-state index contributed by atoms with van der Waals surface area (Å²) in [6.07, 6.45) is 6.62. The summed E-state index contributed by atoms with van der Waals surface area (Å²) in [4.78, 5) is 32.0. The molecule has 1 N–H and O–H groups in total. The Morgan fingerprint density at radius 3 is 2.76 bits per heavy atom. The van der Waals surface area contributed by atoms with Crippen LogP contribution in [-0.4, -0.2) is 33.5 Å². The van der Waals surface area contributed by atoms with Gasteiger partial charge in [0.15, 0.2) is 0 Å². The van der Waals surface area contributed by atoms with Crippen molar-refractivity contribution in [2.75, 3.05) is 5.75 Å². The van der Waals surface area contributed by atoms with Crippen LogP contribution in [0.1, 0.15) is 32.4 Å². The molecule has 29 heavy (non-hydrogen) atoms. The molecule has 0 bridgehead atoms. The van der Waals surface area contributed by atoms with E-state index in [9.17, 15) is 9.59 Å². The largest absolute Gasteiger partial charge is 0.472 e. The van der Waals surface area contributed by atoms with E-state index >= 15 is 0 Å². The molecule has 1 aliphatic heterocycles. The molecule has 4 rings (SSSR count). The van der Waals surface area contributed by atoms with Crippen molar-refractivity contribution in [2.45, 2.75) is 24.9 Å². The second kappa shape index (κ2) is 8.53. The highest BCUT2D eigenvalue weighted by atomic mass is 32.2. The van der Waals surface area contributed by atoms with E-state index in [1.807, 2.05) is 37.3 Å². The fourth-order valence-corrected chi connectivity index (χ4v) is 4.69. The number of hydrogen-bond donors (Lipinski definition) is 1. The van der Waals surface area contributed by atoms with Crippen LogP contribution in [0.25, 0.3) is 0 Å². The summed E-state index contributed by atoms with van der Waals surface area (Å²) in [6.45, 7) is 2.35. The zero-order chi connectivity index (χ0) is 20.2. The van der Waals surface area contributed by atoms with E-state index in [1.165, 1.54) is 0 Å². The first-order valence-electron chi connectivity index (χ1n) is 9.33. The number of amides is 2. The third kappa shape index (κ3) is 4.19. The Kier molecular flexibility index (Phi) is 5.67. The van der Waals surface area contributed by atoms with Gasteiger partial charge in [-0.15, -0.1) is 11.8 Å². The monoisotopic (exact) mass is 407 g/mol. The Balaban J connectivity index is 1.57. The predicted octanol–water partition coefficient (Wildman–Crippen LogP) is 3.56. The molecule has 3 aromatic rings. The average molecular weight is 407 g/mol. The van der Waals surface area contributed by atoms with Gasteiger partial charge in [0.2, 0.25) is 5.91 Å². The summed E-state index contributed by atoms with van der Waals surface area (Å²) in [5.74, 6) is 0.183. The summed E-state index contributed by atoms with van der Waals surface area (Å²) >= 11 is 1.56. The molecule has 2 amide bonds. The minimum absolute atomic E-state index is 0.164. The average Bonchev–Trinajstić information content (AvgIpc) is 3.42. The van der Waals surface area contributed by atoms with Crippen LogP contribution in [0.15, 0.2) is 71.8 Å². The van der Waals surface area contributed by atoms with E-state index in [4.69, 9.17) is 4.42 Å². The van der Waals surface area contributed by atoms with Crippen LogP contribution in [0, 0.1) is 6.92 Å². The molecule has 6 nitrogen and oxygen atoms in total. The van der Waals surface area contributed by atoms with Crippen molar-refractivity contribution < 1.29 is 14.0 Å². The summed E-state index contributed by atoms with van der Waals surface area (Å²) in [7, 11) is 0. The van der Waals surface area contributed by atoms with E-state index in [0.717, 1.165) is 16.7 Å². The molecular formula is C22H21N3O3S. The number of hydrogen-bond acceptors (Lipinski definition) is 5. The Morgan fingerprint density at radius 1 is 1.24 bits per heavy atom. The lowest BCUT2D eigenvalue weighted by molar-refractivity contribution is -0.125. The Morgan fingerprint density at radius 2 is 2.07 bits per heavy atom. The maximum absolute atomic E-state index is 13.3. The van der Waals surface area contributed by atoms with Crippen LogP contribution >= 0.6 is 11.8 Å². The van der Waals surface area contributed by atoms with Crippen molar-refractivity contribution in [2.24, 2.45) is 0 Å². The van der Waals surface area contributed by atoms with Crippen molar-refractivity contribution in [3.63, 3.8) is 0 Å². The van der Waals surface area contributed by atoms with Crippen LogP contribution in [0.4, 0.5) is 0 Å². The van der Waals surface area contributed by atoms with Crippen LogP contribution in [-0.2, 0) is 11.3 Å². The first-order valence-corrected chi connectivity index (χ1v) is 10.4. The number of nitrogens with one attached hydrogen (secondary N) is 1. The van der Waals surface area contributed by atoms with Crippen molar-refractivity contribution in [3.05, 3.63) is 89.6 Å². The van der Waals surface area contributed by atoms with Crippen LogP contribution in [0.3, 0.4) is 0 Å². The van der Waals surface area contributed by atoms with Crippen molar-refractivity contribution in [1.29, 1.82) is 0 Å². The van der Waals surface area contributed by atoms with Crippen molar-refractivity contribution >= 4 is 23.6 Å². The van der Waals surface area contributed by atoms with Crippen LogP contribution in [0.5, 0.6) is 0 Å². The molecule has 3 heterocycles. The standard InChI is InChI=1S/C22H21N3O3S/c1-15-4-6-17(7-5-15)21(27)25-19(14-29-22(25)18-8-10-28-13-18)20(26)24-12-16-3-2-9-23-11-16/h2-11,13,19,22H,12,14H2,1H3,(H,24,26). The molecule has 2 aromatic heterocycles. The zero-order valence-electron chi connectivity index (χ0n) is 15.9. The van der Waals surface area contributed by atoms with Gasteiger partial charge in [-0.05, 0) is 36.8 Å². The second-order valence-electron chi connectivity index (χ2n) is 6.92. The maximum Gasteiger partial charge on any atom is 0.255 e. The number of rotatable bonds is 5. The topological polar surface area (TPSA) is 75.4 Å². The molecule has 0 spiro atoms. The van der Waals surface area contributed by atoms with Gasteiger partial charge in [-0.1, -0.05) is 23.8 Å². The van der Waals surface area contributed by atoms with Gasteiger partial charge in [-0.2, -0.15) is 0 Å². The molecule has 2 atom stereocenters. The summed E-state index contributed by atoms with van der Waals surface area (Å²) < 4.78 is 5.22. The van der Waals surface area contributed by atoms with Crippen molar-refractivity contribution in [3.8, 4) is 0 Å². The van der Waals surface area contributed by atoms with Gasteiger partial charge in [-0.3, -0.25) is 14.6 Å².